The Labute approximate surface area is 324 Å². The standard InChI is InChI=1S/C53H33N3/c1-2-10-34(11-3-1)35-18-23-39(24-19-35)51-54-52(56-53(55-51)43-29-30-46-42(32-43)27-20-36-12-4-7-15-44(36)46)40-25-21-38(22-26-40)50-47-17-9-6-14-41(47)33-49-45-16-8-5-13-37(45)28-31-48(49)50/h1-33H. The van der Waals surface area contributed by atoms with Crippen LogP contribution >= 0.6 is 0 Å². The van der Waals surface area contributed by atoms with E-state index in [4.69, 9.17) is 15.0 Å². The summed E-state index contributed by atoms with van der Waals surface area (Å²) < 4.78 is 0. The predicted molar refractivity (Wildman–Crippen MR) is 235 cm³/mol. The third kappa shape index (κ3) is 5.49. The van der Waals surface area contributed by atoms with Crippen LogP contribution in [-0.2, 0) is 0 Å². The summed E-state index contributed by atoms with van der Waals surface area (Å²) in [6.45, 7) is 0. The van der Waals surface area contributed by atoms with Gasteiger partial charge in [0.25, 0.3) is 0 Å². The minimum absolute atomic E-state index is 0.635. The van der Waals surface area contributed by atoms with Gasteiger partial charge in [0.1, 0.15) is 0 Å². The second-order valence-corrected chi connectivity index (χ2v) is 14.4. The van der Waals surface area contributed by atoms with Gasteiger partial charge in [0.15, 0.2) is 17.5 Å². The summed E-state index contributed by atoms with van der Waals surface area (Å²) in [6, 6.07) is 71.2. The van der Waals surface area contributed by atoms with Gasteiger partial charge in [-0.1, -0.05) is 188 Å². The van der Waals surface area contributed by atoms with Crippen LogP contribution in [0.3, 0.4) is 0 Å². The third-order valence-electron chi connectivity index (χ3n) is 11.1. The van der Waals surface area contributed by atoms with Crippen molar-refractivity contribution in [2.24, 2.45) is 0 Å². The first-order chi connectivity index (χ1) is 27.7. The van der Waals surface area contributed by atoms with Crippen molar-refractivity contribution in [2.45, 2.75) is 0 Å². The van der Waals surface area contributed by atoms with E-state index in [-0.39, 0.29) is 0 Å². The molecule has 0 unspecified atom stereocenters. The summed E-state index contributed by atoms with van der Waals surface area (Å²) in [5, 5.41) is 12.3. The van der Waals surface area contributed by atoms with Crippen molar-refractivity contribution >= 4 is 53.9 Å². The molecule has 3 heteroatoms. The van der Waals surface area contributed by atoms with E-state index in [1.807, 2.05) is 6.07 Å². The number of hydrogen-bond acceptors (Lipinski definition) is 3. The highest BCUT2D eigenvalue weighted by Gasteiger charge is 2.16. The van der Waals surface area contributed by atoms with Gasteiger partial charge in [0.05, 0.1) is 0 Å². The second-order valence-electron chi connectivity index (χ2n) is 14.4. The van der Waals surface area contributed by atoms with E-state index in [0.29, 0.717) is 17.5 Å². The molecule has 10 aromatic carbocycles. The minimum atomic E-state index is 0.635. The zero-order chi connectivity index (χ0) is 37.0. The van der Waals surface area contributed by atoms with Crippen molar-refractivity contribution in [3.05, 3.63) is 200 Å². The van der Waals surface area contributed by atoms with Crippen LogP contribution in [0.1, 0.15) is 0 Å². The molecular formula is C53H33N3. The maximum absolute atomic E-state index is 5.15. The Balaban J connectivity index is 1.05. The Morgan fingerprint density at radius 2 is 0.625 bits per heavy atom. The van der Waals surface area contributed by atoms with E-state index in [1.165, 1.54) is 59.6 Å². The van der Waals surface area contributed by atoms with Crippen LogP contribution in [-0.4, -0.2) is 15.0 Å². The lowest BCUT2D eigenvalue weighted by Crippen LogP contribution is -2.00. The second kappa shape index (κ2) is 13.1. The highest BCUT2D eigenvalue weighted by atomic mass is 15.0. The molecular weight excluding hydrogens is 679 g/mol. The molecule has 0 spiro atoms. The van der Waals surface area contributed by atoms with E-state index in [9.17, 15) is 0 Å². The van der Waals surface area contributed by atoms with Gasteiger partial charge in [0.2, 0.25) is 0 Å². The van der Waals surface area contributed by atoms with Crippen molar-refractivity contribution in [3.63, 3.8) is 0 Å². The van der Waals surface area contributed by atoms with Crippen molar-refractivity contribution in [2.75, 3.05) is 0 Å². The number of hydrogen-bond donors (Lipinski definition) is 0. The number of benzene rings is 10. The van der Waals surface area contributed by atoms with Gasteiger partial charge < -0.3 is 0 Å². The average Bonchev–Trinajstić information content (AvgIpc) is 3.28. The molecule has 1 heterocycles. The molecule has 0 radical (unpaired) electrons. The maximum atomic E-state index is 5.15. The van der Waals surface area contributed by atoms with Crippen LogP contribution in [0.4, 0.5) is 0 Å². The summed E-state index contributed by atoms with van der Waals surface area (Å²) in [5.74, 6) is 1.92. The molecule has 0 saturated carbocycles. The molecule has 0 fully saturated rings. The molecule has 56 heavy (non-hydrogen) atoms. The van der Waals surface area contributed by atoms with Gasteiger partial charge in [-0.2, -0.15) is 0 Å². The van der Waals surface area contributed by atoms with Gasteiger partial charge >= 0.3 is 0 Å². The van der Waals surface area contributed by atoms with Crippen LogP contribution in [0.25, 0.3) is 110 Å². The Kier molecular flexibility index (Phi) is 7.49. The zero-order valence-corrected chi connectivity index (χ0v) is 30.4. The number of aromatic nitrogens is 3. The molecule has 0 bridgehead atoms. The van der Waals surface area contributed by atoms with Crippen LogP contribution in [0.5, 0.6) is 0 Å². The number of nitrogens with zero attached hydrogens (tertiary/aromatic N) is 3. The fraction of sp³-hybridized carbons (Fsp3) is 0. The Morgan fingerprint density at radius 1 is 0.214 bits per heavy atom. The van der Waals surface area contributed by atoms with Gasteiger partial charge in [-0.3, -0.25) is 0 Å². The van der Waals surface area contributed by atoms with E-state index in [2.05, 4.69) is 194 Å². The summed E-state index contributed by atoms with van der Waals surface area (Å²) >= 11 is 0. The number of rotatable bonds is 5. The molecule has 260 valence electrons. The molecule has 3 nitrogen and oxygen atoms in total. The minimum Gasteiger partial charge on any atom is -0.208 e. The molecule has 11 aromatic rings. The fourth-order valence-corrected chi connectivity index (χ4v) is 8.27. The molecule has 1 aromatic heterocycles. The lowest BCUT2D eigenvalue weighted by Gasteiger charge is -2.14. The lowest BCUT2D eigenvalue weighted by molar-refractivity contribution is 1.07. The molecule has 0 aliphatic heterocycles. The normalized spacial score (nSPS) is 11.6. The van der Waals surface area contributed by atoms with Gasteiger partial charge in [-0.25, -0.2) is 15.0 Å². The van der Waals surface area contributed by atoms with Crippen molar-refractivity contribution < 1.29 is 0 Å². The Hall–Kier alpha value is -7.49. The average molecular weight is 712 g/mol. The van der Waals surface area contributed by atoms with Gasteiger partial charge in [0, 0.05) is 16.7 Å². The number of fused-ring (bicyclic) bond motifs is 7. The zero-order valence-electron chi connectivity index (χ0n) is 30.4. The summed E-state index contributed by atoms with van der Waals surface area (Å²) in [6.07, 6.45) is 0. The van der Waals surface area contributed by atoms with Crippen molar-refractivity contribution in [1.82, 2.24) is 15.0 Å². The predicted octanol–water partition coefficient (Wildman–Crippen LogP) is 14.0. The van der Waals surface area contributed by atoms with Crippen molar-refractivity contribution in [3.8, 4) is 56.4 Å². The van der Waals surface area contributed by atoms with Crippen LogP contribution < -0.4 is 0 Å². The summed E-state index contributed by atoms with van der Waals surface area (Å²) in [5.41, 5.74) is 7.52. The smallest absolute Gasteiger partial charge is 0.164 e. The highest BCUT2D eigenvalue weighted by Crippen LogP contribution is 2.40. The van der Waals surface area contributed by atoms with E-state index in [0.717, 1.165) is 33.2 Å². The Morgan fingerprint density at radius 3 is 1.30 bits per heavy atom. The fourth-order valence-electron chi connectivity index (χ4n) is 8.27. The molecule has 11 rings (SSSR count). The first kappa shape index (κ1) is 32.0. The van der Waals surface area contributed by atoms with Crippen LogP contribution in [0.15, 0.2) is 200 Å². The molecule has 0 N–H and O–H groups in total. The van der Waals surface area contributed by atoms with Crippen LogP contribution in [0.2, 0.25) is 0 Å². The van der Waals surface area contributed by atoms with Crippen molar-refractivity contribution in [1.29, 1.82) is 0 Å². The van der Waals surface area contributed by atoms with Crippen LogP contribution in [0, 0.1) is 0 Å². The quantitative estimate of drug-likeness (QED) is 0.132. The van der Waals surface area contributed by atoms with Gasteiger partial charge in [-0.15, -0.1) is 0 Å². The monoisotopic (exact) mass is 711 g/mol. The molecule has 0 aliphatic rings. The SMILES string of the molecule is c1ccc(-c2ccc(-c3nc(-c4ccc(-c5c6ccccc6cc6c5ccc5ccccc56)cc4)nc(-c4ccc5c(ccc6ccccc65)c4)n3)cc2)cc1. The largest absolute Gasteiger partial charge is 0.208 e. The van der Waals surface area contributed by atoms with Gasteiger partial charge in [-0.05, 0) is 88.2 Å². The molecule has 0 amide bonds. The summed E-state index contributed by atoms with van der Waals surface area (Å²) in [7, 11) is 0. The maximum Gasteiger partial charge on any atom is 0.164 e. The Bertz CT molecular complexity index is 3280. The third-order valence-corrected chi connectivity index (χ3v) is 11.1. The molecule has 0 atom stereocenters. The topological polar surface area (TPSA) is 38.7 Å². The highest BCUT2D eigenvalue weighted by molar-refractivity contribution is 6.20. The van der Waals surface area contributed by atoms with E-state index < -0.39 is 0 Å². The molecule has 0 aliphatic carbocycles. The first-order valence-electron chi connectivity index (χ1n) is 19.0. The van der Waals surface area contributed by atoms with E-state index >= 15 is 0 Å². The molecule has 0 saturated heterocycles. The first-order valence-corrected chi connectivity index (χ1v) is 19.0. The summed E-state index contributed by atoms with van der Waals surface area (Å²) in [4.78, 5) is 15.4. The van der Waals surface area contributed by atoms with E-state index in [1.54, 1.807) is 0 Å². The lowest BCUT2D eigenvalue weighted by atomic mass is 9.89.